The molecule has 0 radical (unpaired) electrons. The normalized spacial score (nSPS) is 14.1. The molecule has 7 nitrogen and oxygen atoms in total. The van der Waals surface area contributed by atoms with Gasteiger partial charge < -0.3 is 28.1 Å². The summed E-state index contributed by atoms with van der Waals surface area (Å²) in [5.41, 5.74) is 1.09. The van der Waals surface area contributed by atoms with Crippen molar-refractivity contribution in [2.45, 2.75) is 96.0 Å². The molecule has 1 unspecified atom stereocenters. The van der Waals surface area contributed by atoms with Crippen molar-refractivity contribution in [3.8, 4) is 0 Å². The average Bonchev–Trinajstić information content (AvgIpc) is 2.68. The van der Waals surface area contributed by atoms with Gasteiger partial charge in [-0.2, -0.15) is 0 Å². The first-order valence-electron chi connectivity index (χ1n) is 11.3. The quantitative estimate of drug-likeness (QED) is 0.225. The van der Waals surface area contributed by atoms with Gasteiger partial charge in [-0.25, -0.2) is 4.79 Å². The highest BCUT2D eigenvalue weighted by Gasteiger charge is 2.47. The van der Waals surface area contributed by atoms with Crippen LogP contribution in [0.2, 0.25) is 22.7 Å². The van der Waals surface area contributed by atoms with E-state index in [4.69, 9.17) is 17.7 Å². The molecular formula is C21H47NO6Si2. The fourth-order valence-electron chi connectivity index (χ4n) is 4.57. The van der Waals surface area contributed by atoms with Gasteiger partial charge in [0.05, 0.1) is 0 Å². The fourth-order valence-corrected chi connectivity index (χ4v) is 11.9. The van der Waals surface area contributed by atoms with Gasteiger partial charge in [0.1, 0.15) is 0 Å². The summed E-state index contributed by atoms with van der Waals surface area (Å²) < 4.78 is 22.8. The molecule has 0 fully saturated rings. The first-order chi connectivity index (χ1) is 14.0. The van der Waals surface area contributed by atoms with Crippen molar-refractivity contribution in [1.82, 2.24) is 5.32 Å². The summed E-state index contributed by atoms with van der Waals surface area (Å²) in [5.74, 6) is -0.874. The molecule has 0 aromatic carbocycles. The van der Waals surface area contributed by atoms with Crippen molar-refractivity contribution in [1.29, 1.82) is 0 Å². The molecule has 1 atom stereocenters. The minimum absolute atomic E-state index is 0.350. The number of aliphatic carboxylic acids is 1. The minimum atomic E-state index is -2.46. The molecule has 30 heavy (non-hydrogen) atoms. The topological polar surface area (TPSA) is 86.3 Å². The second kappa shape index (κ2) is 14.7. The van der Waals surface area contributed by atoms with Gasteiger partial charge in [0.25, 0.3) is 0 Å². The molecule has 0 spiro atoms. The van der Waals surface area contributed by atoms with E-state index in [0.29, 0.717) is 23.2 Å². The second-order valence-electron chi connectivity index (χ2n) is 8.93. The van der Waals surface area contributed by atoms with Crippen molar-refractivity contribution in [2.75, 3.05) is 34.4 Å². The minimum Gasteiger partial charge on any atom is -0.479 e. The summed E-state index contributed by atoms with van der Waals surface area (Å²) in [7, 11) is 0.229. The summed E-state index contributed by atoms with van der Waals surface area (Å²) in [5, 5.41) is 13.0. The third kappa shape index (κ3) is 8.68. The van der Waals surface area contributed by atoms with Gasteiger partial charge in [0, 0.05) is 33.9 Å². The van der Waals surface area contributed by atoms with Gasteiger partial charge in [-0.15, -0.1) is 0 Å². The van der Waals surface area contributed by atoms with E-state index < -0.39 is 29.2 Å². The third-order valence-electron chi connectivity index (χ3n) is 6.18. The van der Waals surface area contributed by atoms with Crippen molar-refractivity contribution >= 4 is 23.1 Å². The number of nitrogens with one attached hydrogen (secondary N) is 1. The van der Waals surface area contributed by atoms with Gasteiger partial charge in [-0.1, -0.05) is 54.4 Å². The van der Waals surface area contributed by atoms with E-state index in [1.165, 1.54) is 0 Å². The molecule has 180 valence electrons. The zero-order valence-corrected chi connectivity index (χ0v) is 22.7. The number of hydrogen-bond acceptors (Lipinski definition) is 6. The predicted octanol–water partition coefficient (Wildman–Crippen LogP) is 4.66. The molecular weight excluding hydrogens is 418 g/mol. The Kier molecular flexibility index (Phi) is 14.6. The summed E-state index contributed by atoms with van der Waals surface area (Å²) in [4.78, 5) is 11.9. The van der Waals surface area contributed by atoms with Crippen LogP contribution in [0.1, 0.15) is 67.2 Å². The molecule has 2 N–H and O–H groups in total. The number of carboxylic acid groups (broad SMARTS) is 1. The Bertz CT molecular complexity index is 442. The van der Waals surface area contributed by atoms with Crippen LogP contribution < -0.4 is 5.32 Å². The second-order valence-corrected chi connectivity index (χ2v) is 17.4. The SMILES string of the molecule is CO[Si](CCCCCCNCC(O[Si](C(C)C)(C(C)C)C(C)C)C(=O)O)(OC)OC. The first-order valence-corrected chi connectivity index (χ1v) is 15.4. The smallest absolute Gasteiger partial charge is 0.479 e. The Hall–Kier alpha value is -0.296. The standard InChI is InChI=1S/C21H47NO6Si2/c1-17(2)30(18(3)4,19(5)6)28-20(21(23)24)16-22-14-12-10-11-13-15-29(25-7,26-8)27-9/h17-20,22H,10-16H2,1-9H3,(H,23,24). The third-order valence-corrected chi connectivity index (χ3v) is 15.1. The molecule has 0 aromatic heterocycles. The van der Waals surface area contributed by atoms with Crippen LogP contribution in [0, 0.1) is 0 Å². The zero-order chi connectivity index (χ0) is 23.4. The summed E-state index contributed by atoms with van der Waals surface area (Å²) in [6, 6.07) is 0.811. The lowest BCUT2D eigenvalue weighted by molar-refractivity contribution is -0.145. The maximum Gasteiger partial charge on any atom is 0.500 e. The maximum absolute atomic E-state index is 11.9. The van der Waals surface area contributed by atoms with Crippen molar-refractivity contribution in [3.05, 3.63) is 0 Å². The van der Waals surface area contributed by atoms with Crippen LogP contribution in [-0.4, -0.2) is 68.7 Å². The van der Waals surface area contributed by atoms with Gasteiger partial charge in [0.15, 0.2) is 6.10 Å². The number of rotatable bonds is 18. The first kappa shape index (κ1) is 29.7. The lowest BCUT2D eigenvalue weighted by Crippen LogP contribution is -2.53. The van der Waals surface area contributed by atoms with E-state index >= 15 is 0 Å². The van der Waals surface area contributed by atoms with Gasteiger partial charge in [-0.3, -0.25) is 0 Å². The van der Waals surface area contributed by atoms with Crippen molar-refractivity contribution in [2.24, 2.45) is 0 Å². The van der Waals surface area contributed by atoms with E-state index in [0.717, 1.165) is 38.3 Å². The molecule has 9 heteroatoms. The largest absolute Gasteiger partial charge is 0.500 e. The summed E-state index contributed by atoms with van der Waals surface area (Å²) in [6.07, 6.45) is 3.33. The Morgan fingerprint density at radius 3 is 1.70 bits per heavy atom. The number of hydrogen-bond donors (Lipinski definition) is 2. The van der Waals surface area contributed by atoms with Crippen LogP contribution in [0.3, 0.4) is 0 Å². The van der Waals surface area contributed by atoms with Gasteiger partial charge in [0.2, 0.25) is 8.32 Å². The highest BCUT2D eigenvalue weighted by Crippen LogP contribution is 2.42. The highest BCUT2D eigenvalue weighted by atomic mass is 28.4. The molecule has 0 saturated carbocycles. The molecule has 0 aliphatic rings. The summed E-state index contributed by atoms with van der Waals surface area (Å²) >= 11 is 0. The van der Waals surface area contributed by atoms with Crippen molar-refractivity contribution < 1.29 is 27.6 Å². The number of unbranched alkanes of at least 4 members (excludes halogenated alkanes) is 3. The highest BCUT2D eigenvalue weighted by molar-refractivity contribution is 6.77. The van der Waals surface area contributed by atoms with E-state index in [9.17, 15) is 9.90 Å². The summed E-state index contributed by atoms with van der Waals surface area (Å²) in [6.45, 7) is 14.2. The average molecular weight is 466 g/mol. The van der Waals surface area contributed by atoms with Gasteiger partial charge >= 0.3 is 14.8 Å². The van der Waals surface area contributed by atoms with E-state index in [2.05, 4.69) is 46.9 Å². The van der Waals surface area contributed by atoms with Crippen LogP contribution in [0.4, 0.5) is 0 Å². The Labute approximate surface area is 186 Å². The number of carboxylic acids is 1. The van der Waals surface area contributed by atoms with Crippen LogP contribution in [-0.2, 0) is 22.5 Å². The molecule has 0 aliphatic heterocycles. The van der Waals surface area contributed by atoms with E-state index in [-0.39, 0.29) is 0 Å². The zero-order valence-electron chi connectivity index (χ0n) is 20.7. The predicted molar refractivity (Wildman–Crippen MR) is 126 cm³/mol. The maximum atomic E-state index is 11.9. The Morgan fingerprint density at radius 1 is 0.833 bits per heavy atom. The molecule has 0 heterocycles. The molecule has 0 aliphatic carbocycles. The van der Waals surface area contributed by atoms with Crippen LogP contribution >= 0.6 is 0 Å². The fraction of sp³-hybridized carbons (Fsp3) is 0.952. The number of carbonyl (C=O) groups is 1. The van der Waals surface area contributed by atoms with Crippen molar-refractivity contribution in [3.63, 3.8) is 0 Å². The molecule has 0 amide bonds. The molecule has 0 rings (SSSR count). The van der Waals surface area contributed by atoms with Gasteiger partial charge in [-0.05, 0) is 36.0 Å². The van der Waals surface area contributed by atoms with Crippen LogP contribution in [0.15, 0.2) is 0 Å². The Morgan fingerprint density at radius 2 is 1.30 bits per heavy atom. The molecule has 0 bridgehead atoms. The van der Waals surface area contributed by atoms with Crippen LogP contribution in [0.25, 0.3) is 0 Å². The monoisotopic (exact) mass is 465 g/mol. The van der Waals surface area contributed by atoms with E-state index in [1.807, 2.05) is 0 Å². The van der Waals surface area contributed by atoms with Crippen LogP contribution in [0.5, 0.6) is 0 Å². The Balaban J connectivity index is 4.47. The molecule has 0 saturated heterocycles. The van der Waals surface area contributed by atoms with E-state index in [1.54, 1.807) is 21.3 Å². The molecule has 0 aromatic rings. The lowest BCUT2D eigenvalue weighted by atomic mass is 10.2. The lowest BCUT2D eigenvalue weighted by Gasteiger charge is -2.43.